The first-order chi connectivity index (χ1) is 10.3. The SMILES string of the molecule is CCC=CCCC=CCCCCCCCCCC(=O)OC. The molecule has 0 atom stereocenters. The summed E-state index contributed by atoms with van der Waals surface area (Å²) >= 11 is 0. The van der Waals surface area contributed by atoms with Crippen LogP contribution in [0.4, 0.5) is 0 Å². The largest absolute Gasteiger partial charge is 0.469 e. The van der Waals surface area contributed by atoms with Crippen LogP contribution in [-0.4, -0.2) is 13.1 Å². The molecule has 0 saturated carbocycles. The van der Waals surface area contributed by atoms with Gasteiger partial charge >= 0.3 is 5.97 Å². The number of unbranched alkanes of at least 4 members (excludes halogenated alkanes) is 8. The molecule has 0 saturated heterocycles. The molecule has 0 aliphatic heterocycles. The van der Waals surface area contributed by atoms with Crippen LogP contribution in [0.2, 0.25) is 0 Å². The predicted molar refractivity (Wildman–Crippen MR) is 91.4 cm³/mol. The van der Waals surface area contributed by atoms with Crippen LogP contribution in [0.1, 0.15) is 84.0 Å². The maximum atomic E-state index is 10.9. The molecule has 0 fully saturated rings. The third-order valence-electron chi connectivity index (χ3n) is 3.55. The standard InChI is InChI=1S/C19H34O2/c1-3-4-5-6-7-8-9-10-11-12-13-14-15-16-17-18-19(20)21-2/h4-5,8-9H,3,6-7,10-18H2,1-2H3. The zero-order chi connectivity index (χ0) is 15.6. The molecule has 0 spiro atoms. The van der Waals surface area contributed by atoms with Crippen molar-refractivity contribution < 1.29 is 9.53 Å². The summed E-state index contributed by atoms with van der Waals surface area (Å²) in [5.74, 6) is -0.0769. The fourth-order valence-corrected chi connectivity index (χ4v) is 2.23. The van der Waals surface area contributed by atoms with Gasteiger partial charge in [-0.3, -0.25) is 4.79 Å². The molecule has 0 radical (unpaired) electrons. The first-order valence-electron chi connectivity index (χ1n) is 8.68. The van der Waals surface area contributed by atoms with Gasteiger partial charge in [0.25, 0.3) is 0 Å². The average Bonchev–Trinajstić information content (AvgIpc) is 2.50. The lowest BCUT2D eigenvalue weighted by Gasteiger charge is -2.01. The second-order valence-electron chi connectivity index (χ2n) is 5.52. The van der Waals surface area contributed by atoms with Gasteiger partial charge in [-0.1, -0.05) is 63.3 Å². The topological polar surface area (TPSA) is 26.3 Å². The summed E-state index contributed by atoms with van der Waals surface area (Å²) in [5.41, 5.74) is 0. The van der Waals surface area contributed by atoms with E-state index in [0.717, 1.165) is 19.3 Å². The van der Waals surface area contributed by atoms with Crippen LogP contribution in [0.5, 0.6) is 0 Å². The van der Waals surface area contributed by atoms with E-state index in [9.17, 15) is 4.79 Å². The predicted octanol–water partition coefficient (Wildman–Crippen LogP) is 5.97. The van der Waals surface area contributed by atoms with E-state index in [4.69, 9.17) is 0 Å². The Morgan fingerprint density at radius 1 is 0.762 bits per heavy atom. The normalized spacial score (nSPS) is 11.5. The van der Waals surface area contributed by atoms with Crippen molar-refractivity contribution in [2.45, 2.75) is 84.0 Å². The van der Waals surface area contributed by atoms with Crippen LogP contribution >= 0.6 is 0 Å². The molecule has 0 bridgehead atoms. The lowest BCUT2D eigenvalue weighted by atomic mass is 10.1. The monoisotopic (exact) mass is 294 g/mol. The van der Waals surface area contributed by atoms with Crippen LogP contribution in [0.15, 0.2) is 24.3 Å². The number of allylic oxidation sites excluding steroid dienone is 4. The molecule has 0 aromatic rings. The molecular weight excluding hydrogens is 260 g/mol. The Balaban J connectivity index is 3.13. The van der Waals surface area contributed by atoms with Crippen molar-refractivity contribution in [1.29, 1.82) is 0 Å². The van der Waals surface area contributed by atoms with E-state index in [-0.39, 0.29) is 5.97 Å². The van der Waals surface area contributed by atoms with Crippen molar-refractivity contribution in [3.8, 4) is 0 Å². The Morgan fingerprint density at radius 2 is 1.29 bits per heavy atom. The number of hydrogen-bond acceptors (Lipinski definition) is 2. The Kier molecular flexibility index (Phi) is 16.2. The van der Waals surface area contributed by atoms with Crippen molar-refractivity contribution in [3.05, 3.63) is 24.3 Å². The molecule has 0 aliphatic carbocycles. The van der Waals surface area contributed by atoms with Crippen LogP contribution in [-0.2, 0) is 9.53 Å². The highest BCUT2D eigenvalue weighted by Gasteiger charge is 1.98. The van der Waals surface area contributed by atoms with Crippen molar-refractivity contribution in [1.82, 2.24) is 0 Å². The van der Waals surface area contributed by atoms with Crippen LogP contribution in [0.25, 0.3) is 0 Å². The lowest BCUT2D eigenvalue weighted by Crippen LogP contribution is -1.99. The number of carbonyl (C=O) groups is 1. The zero-order valence-corrected chi connectivity index (χ0v) is 14.1. The molecule has 122 valence electrons. The smallest absolute Gasteiger partial charge is 0.305 e. The number of ether oxygens (including phenoxy) is 1. The molecule has 2 nitrogen and oxygen atoms in total. The highest BCUT2D eigenvalue weighted by atomic mass is 16.5. The van der Waals surface area contributed by atoms with Gasteiger partial charge in [-0.2, -0.15) is 0 Å². The highest BCUT2D eigenvalue weighted by molar-refractivity contribution is 5.68. The third kappa shape index (κ3) is 16.9. The maximum Gasteiger partial charge on any atom is 0.305 e. The lowest BCUT2D eigenvalue weighted by molar-refractivity contribution is -0.140. The number of rotatable bonds is 14. The van der Waals surface area contributed by atoms with Crippen LogP contribution < -0.4 is 0 Å². The number of carbonyl (C=O) groups excluding carboxylic acids is 1. The molecule has 0 rings (SSSR count). The fraction of sp³-hybridized carbons (Fsp3) is 0.737. The van der Waals surface area contributed by atoms with Crippen molar-refractivity contribution in [3.63, 3.8) is 0 Å². The van der Waals surface area contributed by atoms with E-state index in [1.165, 1.54) is 58.5 Å². The van der Waals surface area contributed by atoms with Gasteiger partial charge in [-0.25, -0.2) is 0 Å². The van der Waals surface area contributed by atoms with E-state index in [1.807, 2.05) is 0 Å². The Hall–Kier alpha value is -1.05. The Bertz CT molecular complexity index is 279. The molecule has 0 unspecified atom stereocenters. The van der Waals surface area contributed by atoms with E-state index in [0.29, 0.717) is 6.42 Å². The van der Waals surface area contributed by atoms with Gasteiger partial charge in [-0.05, 0) is 38.5 Å². The van der Waals surface area contributed by atoms with E-state index >= 15 is 0 Å². The second-order valence-corrected chi connectivity index (χ2v) is 5.52. The van der Waals surface area contributed by atoms with Crippen LogP contribution in [0.3, 0.4) is 0 Å². The van der Waals surface area contributed by atoms with Crippen molar-refractivity contribution in [2.24, 2.45) is 0 Å². The summed E-state index contributed by atoms with van der Waals surface area (Å²) in [4.78, 5) is 10.9. The van der Waals surface area contributed by atoms with Gasteiger partial charge in [0, 0.05) is 6.42 Å². The van der Waals surface area contributed by atoms with Gasteiger partial charge in [0.1, 0.15) is 0 Å². The van der Waals surface area contributed by atoms with Crippen LogP contribution in [0, 0.1) is 0 Å². The van der Waals surface area contributed by atoms with Gasteiger partial charge in [0.2, 0.25) is 0 Å². The number of hydrogen-bond donors (Lipinski definition) is 0. The first kappa shape index (κ1) is 19.9. The average molecular weight is 294 g/mol. The summed E-state index contributed by atoms with van der Waals surface area (Å²) in [6.07, 6.45) is 23.1. The minimum Gasteiger partial charge on any atom is -0.469 e. The summed E-state index contributed by atoms with van der Waals surface area (Å²) in [6, 6.07) is 0. The Labute approximate surface area is 131 Å². The summed E-state index contributed by atoms with van der Waals surface area (Å²) in [6.45, 7) is 2.17. The molecule has 2 heteroatoms. The molecule has 0 amide bonds. The molecule has 21 heavy (non-hydrogen) atoms. The van der Waals surface area contributed by atoms with Gasteiger partial charge in [0.15, 0.2) is 0 Å². The summed E-state index contributed by atoms with van der Waals surface area (Å²) in [5, 5.41) is 0. The van der Waals surface area contributed by atoms with Gasteiger partial charge in [-0.15, -0.1) is 0 Å². The van der Waals surface area contributed by atoms with E-state index in [2.05, 4.69) is 36.0 Å². The molecule has 0 heterocycles. The first-order valence-corrected chi connectivity index (χ1v) is 8.68. The highest BCUT2D eigenvalue weighted by Crippen LogP contribution is 2.10. The summed E-state index contributed by atoms with van der Waals surface area (Å²) in [7, 11) is 1.46. The molecule has 0 aromatic carbocycles. The molecular formula is C19H34O2. The van der Waals surface area contributed by atoms with Gasteiger partial charge in [0.05, 0.1) is 7.11 Å². The zero-order valence-electron chi connectivity index (χ0n) is 14.1. The fourth-order valence-electron chi connectivity index (χ4n) is 2.23. The minimum atomic E-state index is -0.0769. The van der Waals surface area contributed by atoms with Crippen molar-refractivity contribution in [2.75, 3.05) is 7.11 Å². The summed E-state index contributed by atoms with van der Waals surface area (Å²) < 4.78 is 4.62. The quantitative estimate of drug-likeness (QED) is 0.224. The van der Waals surface area contributed by atoms with Gasteiger partial charge < -0.3 is 4.74 Å². The van der Waals surface area contributed by atoms with E-state index in [1.54, 1.807) is 0 Å². The maximum absolute atomic E-state index is 10.9. The molecule has 0 aliphatic rings. The molecule has 0 N–H and O–H groups in total. The Morgan fingerprint density at radius 3 is 1.90 bits per heavy atom. The second kappa shape index (κ2) is 17.0. The molecule has 0 aromatic heterocycles. The third-order valence-corrected chi connectivity index (χ3v) is 3.55. The van der Waals surface area contributed by atoms with E-state index < -0.39 is 0 Å². The minimum absolute atomic E-state index is 0.0769. The number of esters is 1. The van der Waals surface area contributed by atoms with Crippen molar-refractivity contribution >= 4 is 5.97 Å². The number of methoxy groups -OCH3 is 1.